The molecule has 2 heterocycles. The maximum absolute atomic E-state index is 12.0. The largest absolute Gasteiger partial charge is 0.393 e. The van der Waals surface area contributed by atoms with Crippen molar-refractivity contribution < 1.29 is 9.90 Å². The van der Waals surface area contributed by atoms with E-state index in [0.717, 1.165) is 31.1 Å². The van der Waals surface area contributed by atoms with E-state index < -0.39 is 0 Å². The van der Waals surface area contributed by atoms with Gasteiger partial charge in [0.2, 0.25) is 0 Å². The average Bonchev–Trinajstić information content (AvgIpc) is 2.81. The van der Waals surface area contributed by atoms with Gasteiger partial charge in [-0.1, -0.05) is 0 Å². The quantitative estimate of drug-likeness (QED) is 0.830. The molecule has 1 aliphatic rings. The number of aliphatic hydroxyl groups is 1. The fourth-order valence-corrected chi connectivity index (χ4v) is 2.42. The van der Waals surface area contributed by atoms with E-state index in [2.05, 4.69) is 8.75 Å². The van der Waals surface area contributed by atoms with Crippen molar-refractivity contribution in [1.82, 2.24) is 13.6 Å². The molecule has 1 aliphatic heterocycles. The Morgan fingerprint density at radius 1 is 1.75 bits per heavy atom. The Kier molecular flexibility index (Phi) is 3.50. The number of likely N-dealkylation sites (tertiary alicyclic amines) is 1. The fraction of sp³-hybridized carbons (Fsp3) is 0.700. The van der Waals surface area contributed by atoms with Gasteiger partial charge in [-0.25, -0.2) is 0 Å². The number of carbonyl (C=O) groups is 1. The Labute approximate surface area is 98.4 Å². The highest BCUT2D eigenvalue weighted by Gasteiger charge is 2.27. The minimum absolute atomic E-state index is 0.0703. The number of hydrogen-bond acceptors (Lipinski definition) is 5. The predicted octanol–water partition coefficient (Wildman–Crippen LogP) is 0.771. The molecule has 1 aromatic rings. The molecule has 1 N–H and O–H groups in total. The monoisotopic (exact) mass is 241 g/mol. The van der Waals surface area contributed by atoms with Crippen molar-refractivity contribution in [3.05, 3.63) is 11.9 Å². The van der Waals surface area contributed by atoms with Gasteiger partial charge in [0.05, 0.1) is 24.0 Å². The van der Waals surface area contributed by atoms with Crippen LogP contribution in [-0.4, -0.2) is 43.9 Å². The van der Waals surface area contributed by atoms with Crippen molar-refractivity contribution in [2.24, 2.45) is 5.92 Å². The first-order valence-corrected chi connectivity index (χ1v) is 6.16. The molecule has 1 fully saturated rings. The van der Waals surface area contributed by atoms with Crippen LogP contribution < -0.4 is 0 Å². The molecule has 2 unspecified atom stereocenters. The molecule has 1 amide bonds. The maximum Gasteiger partial charge on any atom is 0.275 e. The van der Waals surface area contributed by atoms with E-state index in [9.17, 15) is 9.90 Å². The molecule has 88 valence electrons. The number of aliphatic hydroxyl groups excluding tert-OH is 1. The lowest BCUT2D eigenvalue weighted by atomic mass is 9.93. The third-order valence-corrected chi connectivity index (χ3v) is 3.49. The molecule has 2 rings (SSSR count). The second kappa shape index (κ2) is 4.88. The smallest absolute Gasteiger partial charge is 0.275 e. The van der Waals surface area contributed by atoms with Gasteiger partial charge in [-0.3, -0.25) is 4.79 Å². The Morgan fingerprint density at radius 2 is 2.56 bits per heavy atom. The zero-order valence-corrected chi connectivity index (χ0v) is 9.98. The van der Waals surface area contributed by atoms with Gasteiger partial charge in [0.1, 0.15) is 0 Å². The lowest BCUT2D eigenvalue weighted by Crippen LogP contribution is -2.43. The molecular weight excluding hydrogens is 226 g/mol. The summed E-state index contributed by atoms with van der Waals surface area (Å²) >= 11 is 1.04. The third kappa shape index (κ3) is 2.38. The second-order valence-electron chi connectivity index (χ2n) is 4.19. The van der Waals surface area contributed by atoms with Gasteiger partial charge in [0.15, 0.2) is 5.69 Å². The van der Waals surface area contributed by atoms with E-state index in [0.29, 0.717) is 12.2 Å². The topological polar surface area (TPSA) is 66.3 Å². The second-order valence-corrected chi connectivity index (χ2v) is 4.74. The van der Waals surface area contributed by atoms with Crippen molar-refractivity contribution in [3.63, 3.8) is 0 Å². The molecule has 0 spiro atoms. The van der Waals surface area contributed by atoms with E-state index in [-0.39, 0.29) is 17.9 Å². The van der Waals surface area contributed by atoms with Crippen LogP contribution in [0, 0.1) is 5.92 Å². The summed E-state index contributed by atoms with van der Waals surface area (Å²) in [5.74, 6) is 0.114. The standard InChI is InChI=1S/C10H15N3O2S/c1-7(14)8-3-2-4-13(6-8)10(15)9-5-11-16-12-9/h5,7-8,14H,2-4,6H2,1H3. The fourth-order valence-electron chi connectivity index (χ4n) is 2.01. The van der Waals surface area contributed by atoms with Crippen LogP contribution in [0.25, 0.3) is 0 Å². The molecular formula is C10H15N3O2S. The van der Waals surface area contributed by atoms with Crippen LogP contribution in [0.2, 0.25) is 0 Å². The SMILES string of the molecule is CC(O)C1CCCN(C(=O)c2cnsn2)C1. The van der Waals surface area contributed by atoms with Crippen molar-refractivity contribution in [1.29, 1.82) is 0 Å². The van der Waals surface area contributed by atoms with Gasteiger partial charge >= 0.3 is 0 Å². The molecule has 1 saturated heterocycles. The number of rotatable bonds is 2. The van der Waals surface area contributed by atoms with Gasteiger partial charge in [-0.2, -0.15) is 8.75 Å². The number of aromatic nitrogens is 2. The summed E-state index contributed by atoms with van der Waals surface area (Å²) in [6.07, 6.45) is 3.07. The van der Waals surface area contributed by atoms with E-state index in [1.54, 1.807) is 11.8 Å². The molecule has 0 bridgehead atoms. The van der Waals surface area contributed by atoms with Crippen LogP contribution in [-0.2, 0) is 0 Å². The summed E-state index contributed by atoms with van der Waals surface area (Å²) in [7, 11) is 0. The van der Waals surface area contributed by atoms with Gasteiger partial charge < -0.3 is 10.0 Å². The van der Waals surface area contributed by atoms with Gasteiger partial charge in [-0.05, 0) is 19.8 Å². The van der Waals surface area contributed by atoms with Crippen LogP contribution in [0.3, 0.4) is 0 Å². The number of piperidine rings is 1. The molecule has 0 radical (unpaired) electrons. The van der Waals surface area contributed by atoms with Crippen LogP contribution >= 0.6 is 11.7 Å². The summed E-state index contributed by atoms with van der Waals surface area (Å²) < 4.78 is 7.76. The number of amides is 1. The highest BCUT2D eigenvalue weighted by Crippen LogP contribution is 2.20. The van der Waals surface area contributed by atoms with Crippen LogP contribution in [0.5, 0.6) is 0 Å². The Bertz CT molecular complexity index is 353. The van der Waals surface area contributed by atoms with Gasteiger partial charge in [0.25, 0.3) is 5.91 Å². The highest BCUT2D eigenvalue weighted by atomic mass is 32.1. The van der Waals surface area contributed by atoms with Crippen molar-refractivity contribution in [2.45, 2.75) is 25.9 Å². The molecule has 16 heavy (non-hydrogen) atoms. The summed E-state index contributed by atoms with van der Waals surface area (Å²) in [5, 5.41) is 9.54. The summed E-state index contributed by atoms with van der Waals surface area (Å²) in [6.45, 7) is 3.15. The zero-order valence-electron chi connectivity index (χ0n) is 9.17. The molecule has 1 aromatic heterocycles. The van der Waals surface area contributed by atoms with E-state index in [1.807, 2.05) is 0 Å². The summed E-state index contributed by atoms with van der Waals surface area (Å²) in [4.78, 5) is 13.7. The Balaban J connectivity index is 2.02. The van der Waals surface area contributed by atoms with E-state index >= 15 is 0 Å². The molecule has 0 aliphatic carbocycles. The van der Waals surface area contributed by atoms with E-state index in [4.69, 9.17) is 0 Å². The average molecular weight is 241 g/mol. The van der Waals surface area contributed by atoms with Crippen LogP contribution in [0.1, 0.15) is 30.3 Å². The van der Waals surface area contributed by atoms with Gasteiger partial charge in [0, 0.05) is 19.0 Å². The number of nitrogens with zero attached hydrogens (tertiary/aromatic N) is 3. The lowest BCUT2D eigenvalue weighted by Gasteiger charge is -2.33. The van der Waals surface area contributed by atoms with Crippen LogP contribution in [0.15, 0.2) is 6.20 Å². The summed E-state index contributed by atoms with van der Waals surface area (Å²) in [6, 6.07) is 0. The predicted molar refractivity (Wildman–Crippen MR) is 60.2 cm³/mol. The zero-order chi connectivity index (χ0) is 11.5. The first-order valence-electron chi connectivity index (χ1n) is 5.43. The maximum atomic E-state index is 12.0. The molecule has 0 saturated carbocycles. The Hall–Kier alpha value is -1.01. The first-order chi connectivity index (χ1) is 7.68. The van der Waals surface area contributed by atoms with Gasteiger partial charge in [-0.15, -0.1) is 0 Å². The normalized spacial score (nSPS) is 23.1. The highest BCUT2D eigenvalue weighted by molar-refractivity contribution is 6.99. The molecule has 5 nitrogen and oxygen atoms in total. The van der Waals surface area contributed by atoms with Crippen molar-refractivity contribution in [2.75, 3.05) is 13.1 Å². The molecule has 0 aromatic carbocycles. The van der Waals surface area contributed by atoms with E-state index in [1.165, 1.54) is 6.20 Å². The Morgan fingerprint density at radius 3 is 3.19 bits per heavy atom. The van der Waals surface area contributed by atoms with Crippen molar-refractivity contribution >= 4 is 17.6 Å². The first kappa shape index (κ1) is 11.5. The molecule has 2 atom stereocenters. The lowest BCUT2D eigenvalue weighted by molar-refractivity contribution is 0.0462. The minimum Gasteiger partial charge on any atom is -0.393 e. The van der Waals surface area contributed by atoms with Crippen molar-refractivity contribution in [3.8, 4) is 0 Å². The summed E-state index contributed by atoms with van der Waals surface area (Å²) in [5.41, 5.74) is 0.413. The third-order valence-electron chi connectivity index (χ3n) is 3.01. The minimum atomic E-state index is -0.357. The number of hydrogen-bond donors (Lipinski definition) is 1. The molecule has 6 heteroatoms. The number of carbonyl (C=O) groups excluding carboxylic acids is 1. The van der Waals surface area contributed by atoms with Crippen LogP contribution in [0.4, 0.5) is 0 Å².